The van der Waals surface area contributed by atoms with Crippen LogP contribution in [0.5, 0.6) is 0 Å². The molecule has 0 amide bonds. The zero-order chi connectivity index (χ0) is 37.3. The molecule has 3 aliphatic rings. The Hall–Kier alpha value is -1.92. The van der Waals surface area contributed by atoms with Crippen LogP contribution < -0.4 is 0 Å². The van der Waals surface area contributed by atoms with E-state index >= 15 is 0 Å². The molecule has 2 bridgehead atoms. The van der Waals surface area contributed by atoms with Crippen LogP contribution in [0.3, 0.4) is 0 Å². The van der Waals surface area contributed by atoms with E-state index < -0.39 is 60.6 Å². The first-order valence-electron chi connectivity index (χ1n) is 18.9. The highest BCUT2D eigenvalue weighted by Gasteiger charge is 2.40. The van der Waals surface area contributed by atoms with E-state index in [1.54, 1.807) is 20.8 Å². The van der Waals surface area contributed by atoms with Crippen molar-refractivity contribution in [3.63, 3.8) is 0 Å². The normalized spacial score (nSPS) is 37.6. The molecule has 4 N–H and O–H groups in total. The number of cyclic esters (lactones) is 1. The molecular formula is C40H66O10. The summed E-state index contributed by atoms with van der Waals surface area (Å²) in [7, 11) is 0. The summed E-state index contributed by atoms with van der Waals surface area (Å²) in [6.45, 7) is 17.3. The Morgan fingerprint density at radius 2 is 1.74 bits per heavy atom. The Morgan fingerprint density at radius 3 is 2.40 bits per heavy atom. The van der Waals surface area contributed by atoms with Gasteiger partial charge in [-0.25, -0.2) is 0 Å². The van der Waals surface area contributed by atoms with Gasteiger partial charge in [-0.1, -0.05) is 65.8 Å². The van der Waals surface area contributed by atoms with Crippen LogP contribution in [0.25, 0.3) is 0 Å². The Kier molecular flexibility index (Phi) is 16.4. The number of carbonyl (C=O) groups is 2. The van der Waals surface area contributed by atoms with Crippen LogP contribution in [0.4, 0.5) is 0 Å². The van der Waals surface area contributed by atoms with Crippen LogP contribution in [-0.2, 0) is 28.5 Å². The van der Waals surface area contributed by atoms with Crippen LogP contribution in [0, 0.1) is 29.6 Å². The highest BCUT2D eigenvalue weighted by Crippen LogP contribution is 2.35. The molecule has 0 aromatic carbocycles. The summed E-state index contributed by atoms with van der Waals surface area (Å²) in [5, 5.41) is 43.0. The number of rotatable bonds is 9. The fraction of sp³-hybridized carbons (Fsp3) is 0.800. The summed E-state index contributed by atoms with van der Waals surface area (Å²) in [6, 6.07) is 0. The molecule has 0 radical (unpaired) electrons. The van der Waals surface area contributed by atoms with Gasteiger partial charge in [0.2, 0.25) is 0 Å². The zero-order valence-corrected chi connectivity index (χ0v) is 31.9. The molecule has 1 fully saturated rings. The van der Waals surface area contributed by atoms with Crippen molar-refractivity contribution < 1.29 is 49.0 Å². The van der Waals surface area contributed by atoms with Gasteiger partial charge < -0.3 is 39.4 Å². The monoisotopic (exact) mass is 706 g/mol. The largest absolute Gasteiger partial charge is 0.462 e. The summed E-state index contributed by atoms with van der Waals surface area (Å²) in [4.78, 5) is 25.9. The van der Waals surface area contributed by atoms with Gasteiger partial charge in [0.1, 0.15) is 24.1 Å². The third-order valence-electron chi connectivity index (χ3n) is 11.0. The number of carbonyl (C=O) groups excluding carboxylic acids is 2. The zero-order valence-electron chi connectivity index (χ0n) is 31.9. The van der Waals surface area contributed by atoms with Crippen LogP contribution in [0.15, 0.2) is 35.5 Å². The lowest BCUT2D eigenvalue weighted by atomic mass is 9.79. The number of aliphatic hydroxyl groups is 4. The highest BCUT2D eigenvalue weighted by atomic mass is 16.7. The predicted octanol–water partition coefficient (Wildman–Crippen LogP) is 5.94. The van der Waals surface area contributed by atoms with E-state index in [-0.39, 0.29) is 54.8 Å². The number of Topliss-reactive ketones (excluding diaryl/α,β-unsaturated/α-hetero) is 1. The molecule has 3 aliphatic heterocycles. The fourth-order valence-electron chi connectivity index (χ4n) is 7.82. The fourth-order valence-corrected chi connectivity index (χ4v) is 7.82. The first-order chi connectivity index (χ1) is 23.4. The van der Waals surface area contributed by atoms with Crippen molar-refractivity contribution in [3.05, 3.63) is 35.5 Å². The van der Waals surface area contributed by atoms with Crippen molar-refractivity contribution in [1.82, 2.24) is 0 Å². The van der Waals surface area contributed by atoms with Crippen molar-refractivity contribution in [3.8, 4) is 0 Å². The van der Waals surface area contributed by atoms with Crippen molar-refractivity contribution in [2.24, 2.45) is 29.6 Å². The molecule has 286 valence electrons. The molecule has 10 heteroatoms. The number of esters is 1. The van der Waals surface area contributed by atoms with E-state index in [1.807, 2.05) is 33.8 Å². The third-order valence-corrected chi connectivity index (χ3v) is 11.0. The van der Waals surface area contributed by atoms with E-state index in [4.69, 9.17) is 18.9 Å². The Balaban J connectivity index is 1.88. The molecule has 14 atom stereocenters. The molecule has 0 aromatic rings. The van der Waals surface area contributed by atoms with Gasteiger partial charge in [-0.2, -0.15) is 0 Å². The second kappa shape index (κ2) is 19.2. The quantitative estimate of drug-likeness (QED) is 0.167. The molecule has 13 unspecified atom stereocenters. The van der Waals surface area contributed by atoms with Gasteiger partial charge in [0, 0.05) is 25.2 Å². The molecule has 50 heavy (non-hydrogen) atoms. The molecule has 0 saturated carbocycles. The van der Waals surface area contributed by atoms with Gasteiger partial charge in [-0.3, -0.25) is 9.59 Å². The van der Waals surface area contributed by atoms with E-state index in [1.165, 1.54) is 0 Å². The number of allylic oxidation sites excluding steroid dienone is 2. The second-order valence-corrected chi connectivity index (χ2v) is 15.7. The number of hydrogen-bond donors (Lipinski definition) is 4. The van der Waals surface area contributed by atoms with Crippen molar-refractivity contribution >= 4 is 11.8 Å². The maximum absolute atomic E-state index is 13.6. The molecule has 3 heterocycles. The minimum Gasteiger partial charge on any atom is -0.462 e. The topological polar surface area (TPSA) is 152 Å². The van der Waals surface area contributed by atoms with Gasteiger partial charge in [0.15, 0.2) is 12.1 Å². The number of ketones is 1. The summed E-state index contributed by atoms with van der Waals surface area (Å²) in [5.74, 6) is -3.05. The molecule has 10 nitrogen and oxygen atoms in total. The lowest BCUT2D eigenvalue weighted by Crippen LogP contribution is -2.48. The molecule has 1 saturated heterocycles. The maximum atomic E-state index is 13.6. The lowest BCUT2D eigenvalue weighted by Gasteiger charge is -2.38. The average molecular weight is 707 g/mol. The molecule has 3 rings (SSSR count). The van der Waals surface area contributed by atoms with Crippen LogP contribution in [-0.4, -0.2) is 87.0 Å². The van der Waals surface area contributed by atoms with Gasteiger partial charge in [-0.15, -0.1) is 0 Å². The summed E-state index contributed by atoms with van der Waals surface area (Å²) in [6.07, 6.45) is 6.93. The van der Waals surface area contributed by atoms with Crippen molar-refractivity contribution in [1.29, 1.82) is 0 Å². The molecule has 0 aliphatic carbocycles. The summed E-state index contributed by atoms with van der Waals surface area (Å²) < 4.78 is 24.7. The minimum absolute atomic E-state index is 0.0163. The summed E-state index contributed by atoms with van der Waals surface area (Å²) >= 11 is 0. The van der Waals surface area contributed by atoms with E-state index in [9.17, 15) is 30.0 Å². The molecule has 0 aromatic heterocycles. The predicted molar refractivity (Wildman–Crippen MR) is 192 cm³/mol. The van der Waals surface area contributed by atoms with Gasteiger partial charge in [0.25, 0.3) is 0 Å². The number of aliphatic hydroxyl groups excluding tert-OH is 3. The van der Waals surface area contributed by atoms with Crippen LogP contribution in [0.2, 0.25) is 0 Å². The summed E-state index contributed by atoms with van der Waals surface area (Å²) in [5.41, 5.74) is 1.91. The highest BCUT2D eigenvalue weighted by molar-refractivity contribution is 5.80. The van der Waals surface area contributed by atoms with Crippen LogP contribution in [0.1, 0.15) is 120 Å². The Bertz CT molecular complexity index is 1180. The van der Waals surface area contributed by atoms with Gasteiger partial charge >= 0.3 is 5.97 Å². The average Bonchev–Trinajstić information content (AvgIpc) is 3.05. The third kappa shape index (κ3) is 12.1. The second-order valence-electron chi connectivity index (χ2n) is 15.7. The number of hydrogen-bond acceptors (Lipinski definition) is 10. The SMILES string of the molecule is CCC(=O)C(C)C(O)C(C)CC(C)C1OC(=O)C[C@@]2(O)CC=C(C)C(O2)C(C)=CCCCC(OC2CC(O)C(O)C(C)O2)C=CC(C)CC1C. The van der Waals surface area contributed by atoms with Crippen LogP contribution >= 0.6 is 0 Å². The van der Waals surface area contributed by atoms with Crippen molar-refractivity contribution in [2.45, 2.75) is 175 Å². The first kappa shape index (κ1) is 42.5. The van der Waals surface area contributed by atoms with Gasteiger partial charge in [0.05, 0.1) is 30.8 Å². The van der Waals surface area contributed by atoms with Crippen molar-refractivity contribution in [2.75, 3.05) is 0 Å². The minimum atomic E-state index is -1.71. The smallest absolute Gasteiger partial charge is 0.311 e. The number of fused-ring (bicyclic) bond motifs is 2. The number of ether oxygens (including phenoxy) is 4. The lowest BCUT2D eigenvalue weighted by molar-refractivity contribution is -0.254. The maximum Gasteiger partial charge on any atom is 0.311 e. The van der Waals surface area contributed by atoms with Gasteiger partial charge in [-0.05, 0) is 87.7 Å². The van der Waals surface area contributed by atoms with E-state index in [2.05, 4.69) is 32.1 Å². The van der Waals surface area contributed by atoms with E-state index in [0.717, 1.165) is 24.0 Å². The first-order valence-corrected chi connectivity index (χ1v) is 18.9. The Labute approximate surface area is 300 Å². The Morgan fingerprint density at radius 1 is 1.06 bits per heavy atom. The van der Waals surface area contributed by atoms with E-state index in [0.29, 0.717) is 25.7 Å². The molecule has 0 spiro atoms. The standard InChI is InChI=1S/C40H66O10/c1-10-32(41)29(8)36(44)26(5)20-28(7)38-27(6)19-23(2)15-16-31(48-35-21-33(42)37(45)30(9)47-35)14-12-11-13-24(3)39-25(4)17-18-40(46,50-39)22-34(43)49-38/h13,15-17,23,26-31,33,35-39,42,44-46H,10-12,14,18-22H2,1-9H3/t23?,26?,27?,28?,29?,30?,31?,33?,35?,36?,37?,38?,39?,40-/m1/s1. The molecular weight excluding hydrogens is 640 g/mol.